The number of fused-ring (bicyclic) bond motifs is 1. The molecule has 23 heavy (non-hydrogen) atoms. The summed E-state index contributed by atoms with van der Waals surface area (Å²) in [5.41, 5.74) is 0.521. The lowest BCUT2D eigenvalue weighted by atomic mass is 10.1. The summed E-state index contributed by atoms with van der Waals surface area (Å²) >= 11 is 12.2. The topological polar surface area (TPSA) is 57.7 Å². The smallest absolute Gasteiger partial charge is 0.245 e. The Balaban J connectivity index is 2.03. The maximum Gasteiger partial charge on any atom is 0.245 e. The molecule has 0 spiro atoms. The molecule has 126 valence electrons. The Morgan fingerprint density at radius 2 is 1.96 bits per heavy atom. The van der Waals surface area contributed by atoms with E-state index in [9.17, 15) is 13.2 Å². The third kappa shape index (κ3) is 2.65. The van der Waals surface area contributed by atoms with Crippen LogP contribution < -0.4 is 0 Å². The zero-order valence-corrected chi connectivity index (χ0v) is 15.2. The lowest BCUT2D eigenvalue weighted by Gasteiger charge is -2.40. The van der Waals surface area contributed by atoms with E-state index in [1.807, 2.05) is 0 Å². The van der Waals surface area contributed by atoms with E-state index in [-0.39, 0.29) is 21.9 Å². The number of piperazine rings is 1. The van der Waals surface area contributed by atoms with Crippen LogP contribution in [0, 0.1) is 6.92 Å². The van der Waals surface area contributed by atoms with E-state index in [1.54, 1.807) is 18.7 Å². The summed E-state index contributed by atoms with van der Waals surface area (Å²) in [5.74, 6) is -0.135. The Kier molecular flexibility index (Phi) is 4.38. The minimum atomic E-state index is -3.86. The highest BCUT2D eigenvalue weighted by Gasteiger charge is 2.45. The van der Waals surface area contributed by atoms with Gasteiger partial charge in [0.25, 0.3) is 0 Å². The predicted molar refractivity (Wildman–Crippen MR) is 89.3 cm³/mol. The van der Waals surface area contributed by atoms with Crippen molar-refractivity contribution < 1.29 is 13.2 Å². The Labute approximate surface area is 146 Å². The van der Waals surface area contributed by atoms with Gasteiger partial charge >= 0.3 is 0 Å². The molecular weight excluding hydrogens is 359 g/mol. The summed E-state index contributed by atoms with van der Waals surface area (Å²) in [6.45, 7) is 4.33. The molecule has 2 aliphatic heterocycles. The summed E-state index contributed by atoms with van der Waals surface area (Å²) in [5, 5.41) is 0.532. The molecule has 0 aromatic heterocycles. The maximum absolute atomic E-state index is 13.0. The first-order valence-electron chi connectivity index (χ1n) is 7.52. The summed E-state index contributed by atoms with van der Waals surface area (Å²) < 4.78 is 27.4. The van der Waals surface area contributed by atoms with E-state index >= 15 is 0 Å². The highest BCUT2D eigenvalue weighted by Crippen LogP contribution is 2.35. The summed E-state index contributed by atoms with van der Waals surface area (Å²) in [7, 11) is -3.86. The van der Waals surface area contributed by atoms with Crippen molar-refractivity contribution in [1.82, 2.24) is 9.21 Å². The molecule has 0 bridgehead atoms. The third-order valence-corrected chi connectivity index (χ3v) is 7.70. The van der Waals surface area contributed by atoms with E-state index in [2.05, 4.69) is 0 Å². The van der Waals surface area contributed by atoms with Crippen molar-refractivity contribution in [3.8, 4) is 0 Å². The molecule has 1 aromatic rings. The molecule has 2 heterocycles. The molecule has 2 fully saturated rings. The molecule has 8 heteroatoms. The molecule has 0 N–H and O–H groups in total. The van der Waals surface area contributed by atoms with E-state index in [0.29, 0.717) is 23.7 Å². The van der Waals surface area contributed by atoms with Crippen LogP contribution in [-0.4, -0.2) is 48.7 Å². The largest absolute Gasteiger partial charge is 0.337 e. The monoisotopic (exact) mass is 376 g/mol. The molecule has 2 aliphatic rings. The number of carbonyl (C=O) groups is 1. The van der Waals surface area contributed by atoms with Crippen LogP contribution in [0.15, 0.2) is 17.0 Å². The van der Waals surface area contributed by atoms with Crippen LogP contribution in [0.1, 0.15) is 25.3 Å². The van der Waals surface area contributed by atoms with Crippen LogP contribution in [0.2, 0.25) is 10.0 Å². The Hall–Kier alpha value is -0.820. The van der Waals surface area contributed by atoms with Crippen molar-refractivity contribution in [1.29, 1.82) is 0 Å². The zero-order valence-electron chi connectivity index (χ0n) is 12.9. The van der Waals surface area contributed by atoms with Crippen LogP contribution in [0.25, 0.3) is 0 Å². The Bertz CT molecular complexity index is 766. The average Bonchev–Trinajstić information content (AvgIpc) is 2.96. The molecule has 1 aromatic carbocycles. The van der Waals surface area contributed by atoms with Crippen LogP contribution >= 0.6 is 23.2 Å². The van der Waals surface area contributed by atoms with Crippen LogP contribution in [0.4, 0.5) is 0 Å². The summed E-state index contributed by atoms with van der Waals surface area (Å²) in [6, 6.07) is 2.17. The first kappa shape index (κ1) is 17.0. The molecule has 3 rings (SSSR count). The van der Waals surface area contributed by atoms with Gasteiger partial charge in [-0.05, 0) is 44.4 Å². The predicted octanol–water partition coefficient (Wildman–Crippen LogP) is 2.69. The minimum Gasteiger partial charge on any atom is -0.337 e. The molecule has 0 aliphatic carbocycles. The average molecular weight is 377 g/mol. The molecule has 2 atom stereocenters. The van der Waals surface area contributed by atoms with Crippen molar-refractivity contribution in [2.24, 2.45) is 0 Å². The van der Waals surface area contributed by atoms with Gasteiger partial charge in [0.15, 0.2) is 0 Å². The first-order valence-corrected chi connectivity index (χ1v) is 9.71. The molecule has 0 saturated carbocycles. The first-order chi connectivity index (χ1) is 10.7. The number of rotatable bonds is 2. The van der Waals surface area contributed by atoms with Crippen molar-refractivity contribution in [2.45, 2.75) is 43.7 Å². The molecule has 1 amide bonds. The fourth-order valence-corrected chi connectivity index (χ4v) is 5.72. The number of hydrogen-bond acceptors (Lipinski definition) is 3. The van der Waals surface area contributed by atoms with Gasteiger partial charge in [0.2, 0.25) is 15.9 Å². The van der Waals surface area contributed by atoms with Crippen molar-refractivity contribution in [3.63, 3.8) is 0 Å². The second-order valence-corrected chi connectivity index (χ2v) is 8.71. The number of nitrogens with zero attached hydrogens (tertiary/aromatic N) is 2. The second kappa shape index (κ2) is 5.92. The van der Waals surface area contributed by atoms with E-state index in [0.717, 1.165) is 12.8 Å². The van der Waals surface area contributed by atoms with Crippen molar-refractivity contribution in [2.75, 3.05) is 13.1 Å². The number of carbonyl (C=O) groups excluding carboxylic acids is 1. The van der Waals surface area contributed by atoms with Crippen molar-refractivity contribution >= 4 is 39.1 Å². The maximum atomic E-state index is 13.0. The lowest BCUT2D eigenvalue weighted by Crippen LogP contribution is -2.59. The zero-order chi connectivity index (χ0) is 16.9. The van der Waals surface area contributed by atoms with E-state index < -0.39 is 16.1 Å². The molecule has 0 radical (unpaired) electrons. The number of sulfonamides is 1. The van der Waals surface area contributed by atoms with Gasteiger partial charge in [-0.3, -0.25) is 4.79 Å². The van der Waals surface area contributed by atoms with E-state index in [1.165, 1.54) is 16.4 Å². The standard InChI is InChI=1S/C15H18Cl2N2O3S/c1-9-12(16)5-6-13(14(9)17)23(21,22)19-8-11-4-3-7-18(11)15(20)10(19)2/h5-6,10-11H,3-4,7-8H2,1-2H3/t10-,11+/m1/s1. The van der Waals surface area contributed by atoms with Gasteiger partial charge in [0.05, 0.1) is 5.02 Å². The normalized spacial score (nSPS) is 25.7. The molecular formula is C15H18Cl2N2O3S. The Morgan fingerprint density at radius 1 is 1.26 bits per heavy atom. The lowest BCUT2D eigenvalue weighted by molar-refractivity contribution is -0.139. The number of amides is 1. The summed E-state index contributed by atoms with van der Waals surface area (Å²) in [6.07, 6.45) is 1.75. The fourth-order valence-electron chi connectivity index (χ4n) is 3.31. The van der Waals surface area contributed by atoms with Gasteiger partial charge in [-0.25, -0.2) is 8.42 Å². The van der Waals surface area contributed by atoms with Crippen molar-refractivity contribution in [3.05, 3.63) is 27.7 Å². The highest BCUT2D eigenvalue weighted by atomic mass is 35.5. The van der Waals surface area contributed by atoms with E-state index in [4.69, 9.17) is 23.2 Å². The second-order valence-electron chi connectivity index (χ2n) is 6.06. The van der Waals surface area contributed by atoms with Gasteiger partial charge in [0.1, 0.15) is 10.9 Å². The molecule has 2 saturated heterocycles. The summed E-state index contributed by atoms with van der Waals surface area (Å²) in [4.78, 5) is 14.3. The quantitative estimate of drug-likeness (QED) is 0.796. The highest BCUT2D eigenvalue weighted by molar-refractivity contribution is 7.89. The van der Waals surface area contributed by atoms with Gasteiger partial charge in [0, 0.05) is 24.2 Å². The van der Waals surface area contributed by atoms with Crippen LogP contribution in [0.5, 0.6) is 0 Å². The minimum absolute atomic E-state index is 0.00663. The SMILES string of the molecule is Cc1c(Cl)ccc(S(=O)(=O)N2C[C@@H]3CCCN3C(=O)[C@H]2C)c1Cl. The third-order valence-electron chi connectivity index (χ3n) is 4.71. The number of hydrogen-bond donors (Lipinski definition) is 0. The fraction of sp³-hybridized carbons (Fsp3) is 0.533. The van der Waals surface area contributed by atoms with Gasteiger partial charge < -0.3 is 4.90 Å². The van der Waals surface area contributed by atoms with Gasteiger partial charge in [-0.1, -0.05) is 23.2 Å². The van der Waals surface area contributed by atoms with Gasteiger partial charge in [-0.15, -0.1) is 0 Å². The van der Waals surface area contributed by atoms with Crippen LogP contribution in [0.3, 0.4) is 0 Å². The Morgan fingerprint density at radius 3 is 2.65 bits per heavy atom. The number of halogens is 2. The molecule has 0 unspecified atom stereocenters. The van der Waals surface area contributed by atoms with Gasteiger partial charge in [-0.2, -0.15) is 4.31 Å². The van der Waals surface area contributed by atoms with Crippen LogP contribution in [-0.2, 0) is 14.8 Å². The number of benzene rings is 1. The molecule has 5 nitrogen and oxygen atoms in total.